The number of rotatable bonds is 4. The number of H-pyrrole nitrogens is 1. The summed E-state index contributed by atoms with van der Waals surface area (Å²) in [7, 11) is 0. The maximum atomic E-state index is 10.4. The van der Waals surface area contributed by atoms with Gasteiger partial charge < -0.3 is 10.1 Å². The van der Waals surface area contributed by atoms with Crippen molar-refractivity contribution in [3.8, 4) is 6.07 Å². The Labute approximate surface area is 134 Å². The van der Waals surface area contributed by atoms with Gasteiger partial charge in [0.1, 0.15) is 22.9 Å². The summed E-state index contributed by atoms with van der Waals surface area (Å²) in [6.07, 6.45) is 0. The Balaban J connectivity index is 1.95. The molecule has 0 spiro atoms. The second-order valence-corrected chi connectivity index (χ2v) is 6.86. The Morgan fingerprint density at radius 1 is 1.45 bits per heavy atom. The van der Waals surface area contributed by atoms with Gasteiger partial charge in [0.25, 0.3) is 0 Å². The van der Waals surface area contributed by atoms with Gasteiger partial charge in [0.2, 0.25) is 0 Å². The van der Waals surface area contributed by atoms with E-state index in [1.165, 1.54) is 23.1 Å². The minimum atomic E-state index is -0.323. The van der Waals surface area contributed by atoms with Crippen LogP contribution in [0, 0.1) is 11.3 Å². The lowest BCUT2D eigenvalue weighted by Gasteiger charge is -2.09. The highest BCUT2D eigenvalue weighted by Crippen LogP contribution is 2.30. The van der Waals surface area contributed by atoms with Gasteiger partial charge in [-0.3, -0.25) is 0 Å². The van der Waals surface area contributed by atoms with Crippen LogP contribution in [0.25, 0.3) is 16.6 Å². The van der Waals surface area contributed by atoms with Gasteiger partial charge >= 0.3 is 0 Å². The lowest BCUT2D eigenvalue weighted by molar-refractivity contribution is 0.402. The van der Waals surface area contributed by atoms with Crippen LogP contribution in [0.15, 0.2) is 39.9 Å². The maximum Gasteiger partial charge on any atom is 0.174 e. The molecule has 1 unspecified atom stereocenters. The van der Waals surface area contributed by atoms with E-state index in [1.54, 1.807) is 12.4 Å². The Morgan fingerprint density at radius 2 is 2.27 bits per heavy atom. The van der Waals surface area contributed by atoms with E-state index >= 15 is 0 Å². The van der Waals surface area contributed by atoms with Crippen LogP contribution in [0.3, 0.4) is 0 Å². The number of aliphatic hydroxyl groups excluding tert-OH is 1. The van der Waals surface area contributed by atoms with Crippen molar-refractivity contribution in [2.24, 2.45) is 0 Å². The predicted molar refractivity (Wildman–Crippen MR) is 86.5 cm³/mol. The van der Waals surface area contributed by atoms with Gasteiger partial charge in [0, 0.05) is 0 Å². The average molecular weight is 329 g/mol. The average Bonchev–Trinajstić information content (AvgIpc) is 3.16. The fraction of sp³-hybridized carbons (Fsp3) is 0.143. The summed E-state index contributed by atoms with van der Waals surface area (Å²) in [6.45, 7) is 1.81. The van der Waals surface area contributed by atoms with Gasteiger partial charge in [-0.05, 0) is 19.1 Å². The van der Waals surface area contributed by atoms with Crippen LogP contribution in [-0.4, -0.2) is 30.5 Å². The number of para-hydroxylation sites is 2. The van der Waals surface area contributed by atoms with Crippen LogP contribution in [0.5, 0.6) is 0 Å². The van der Waals surface area contributed by atoms with Gasteiger partial charge in [0.15, 0.2) is 10.2 Å². The van der Waals surface area contributed by atoms with Crippen LogP contribution >= 0.6 is 23.1 Å². The number of hydrogen-bond acceptors (Lipinski definition) is 7. The minimum absolute atomic E-state index is 0.0262. The number of nitriles is 1. The summed E-state index contributed by atoms with van der Waals surface area (Å²) in [5.74, 6) is 0.340. The first kappa shape index (κ1) is 14.6. The highest BCUT2D eigenvalue weighted by Gasteiger charge is 2.19. The molecule has 2 heterocycles. The molecule has 0 aliphatic rings. The first-order valence-electron chi connectivity index (χ1n) is 6.40. The lowest BCUT2D eigenvalue weighted by Crippen LogP contribution is -2.04. The van der Waals surface area contributed by atoms with Crippen molar-refractivity contribution in [1.29, 1.82) is 5.26 Å². The molecular formula is C14H11N5OS2. The van der Waals surface area contributed by atoms with E-state index in [-0.39, 0.29) is 16.6 Å². The second-order valence-electron chi connectivity index (χ2n) is 4.44. The van der Waals surface area contributed by atoms with Crippen LogP contribution in [0.2, 0.25) is 0 Å². The normalized spacial score (nSPS) is 13.6. The van der Waals surface area contributed by atoms with Crippen molar-refractivity contribution >= 4 is 39.7 Å². The van der Waals surface area contributed by atoms with E-state index in [9.17, 15) is 10.4 Å². The number of aromatic nitrogens is 4. The van der Waals surface area contributed by atoms with Crippen LogP contribution in [0.1, 0.15) is 12.7 Å². The smallest absolute Gasteiger partial charge is 0.174 e. The molecule has 0 fully saturated rings. The zero-order valence-electron chi connectivity index (χ0n) is 11.5. The molecule has 22 heavy (non-hydrogen) atoms. The molecule has 110 valence electrons. The molecule has 0 aliphatic carbocycles. The largest absolute Gasteiger partial charge is 0.510 e. The number of thioether (sulfide) groups is 1. The molecule has 0 bridgehead atoms. The van der Waals surface area contributed by atoms with Gasteiger partial charge in [-0.25, -0.2) is 4.98 Å². The molecule has 8 heteroatoms. The third-order valence-corrected chi connectivity index (χ3v) is 4.92. The zero-order chi connectivity index (χ0) is 15.5. The SMILES string of the molecule is CC(Sc1nncs1)/C(O)=C(\C#N)c1nc2ccccc2[nH]1. The number of benzene rings is 1. The topological polar surface area (TPSA) is 98.5 Å². The molecular weight excluding hydrogens is 318 g/mol. The maximum absolute atomic E-state index is 10.4. The number of hydrogen-bond donors (Lipinski definition) is 2. The minimum Gasteiger partial charge on any atom is -0.510 e. The first-order chi connectivity index (χ1) is 10.7. The molecule has 1 atom stereocenters. The monoisotopic (exact) mass is 329 g/mol. The lowest BCUT2D eigenvalue weighted by atomic mass is 10.2. The van der Waals surface area contributed by atoms with Gasteiger partial charge in [-0.2, -0.15) is 5.26 Å². The zero-order valence-corrected chi connectivity index (χ0v) is 13.1. The Bertz CT molecular complexity index is 830. The molecule has 0 aliphatic heterocycles. The molecule has 1 aromatic carbocycles. The van der Waals surface area contributed by atoms with Crippen LogP contribution < -0.4 is 0 Å². The Hall–Kier alpha value is -2.37. The molecule has 0 saturated carbocycles. The van der Waals surface area contributed by atoms with Gasteiger partial charge in [0.05, 0.1) is 16.3 Å². The highest BCUT2D eigenvalue weighted by molar-refractivity contribution is 8.01. The third-order valence-electron chi connectivity index (χ3n) is 3.00. The van der Waals surface area contributed by atoms with Crippen LogP contribution in [-0.2, 0) is 0 Å². The summed E-state index contributed by atoms with van der Waals surface area (Å²) < 4.78 is 0.737. The Kier molecular flexibility index (Phi) is 4.09. The van der Waals surface area contributed by atoms with Crippen molar-refractivity contribution in [1.82, 2.24) is 20.2 Å². The molecule has 3 aromatic rings. The summed E-state index contributed by atoms with van der Waals surface area (Å²) in [5, 5.41) is 27.1. The fourth-order valence-corrected chi connectivity index (χ4v) is 3.62. The molecule has 3 rings (SSSR count). The molecule has 6 nitrogen and oxygen atoms in total. The molecule has 2 N–H and O–H groups in total. The number of nitrogens with zero attached hydrogens (tertiary/aromatic N) is 4. The first-order valence-corrected chi connectivity index (χ1v) is 8.16. The quantitative estimate of drug-likeness (QED) is 0.432. The van der Waals surface area contributed by atoms with Crippen LogP contribution in [0.4, 0.5) is 0 Å². The third kappa shape index (κ3) is 2.81. The van der Waals surface area contributed by atoms with E-state index in [2.05, 4.69) is 20.2 Å². The number of imidazole rings is 1. The van der Waals surface area contributed by atoms with E-state index in [4.69, 9.17) is 0 Å². The highest BCUT2D eigenvalue weighted by atomic mass is 32.2. The Morgan fingerprint density at radius 3 is 2.95 bits per heavy atom. The number of nitrogens with one attached hydrogen (secondary N) is 1. The summed E-state index contributed by atoms with van der Waals surface area (Å²) in [4.78, 5) is 7.41. The van der Waals surface area contributed by atoms with E-state index in [0.717, 1.165) is 15.4 Å². The summed E-state index contributed by atoms with van der Waals surface area (Å²) >= 11 is 2.74. The van der Waals surface area contributed by atoms with E-state index < -0.39 is 0 Å². The van der Waals surface area contributed by atoms with Crippen molar-refractivity contribution in [3.63, 3.8) is 0 Å². The summed E-state index contributed by atoms with van der Waals surface area (Å²) in [6, 6.07) is 9.50. The number of allylic oxidation sites excluding steroid dienone is 1. The molecule has 0 amide bonds. The molecule has 2 aromatic heterocycles. The van der Waals surface area contributed by atoms with E-state index in [0.29, 0.717) is 5.82 Å². The predicted octanol–water partition coefficient (Wildman–Crippen LogP) is 3.39. The van der Waals surface area contributed by atoms with Crippen molar-refractivity contribution in [3.05, 3.63) is 41.4 Å². The standard InChI is InChI=1S/C14H11N5OS2/c1-8(22-14-19-16-7-21-14)12(20)9(6-15)13-17-10-4-2-3-5-11(10)18-13/h2-5,7-8,20H,1H3,(H,17,18)/b12-9-. The second kappa shape index (κ2) is 6.17. The number of fused-ring (bicyclic) bond motifs is 1. The molecule has 0 radical (unpaired) electrons. The number of aromatic amines is 1. The fourth-order valence-electron chi connectivity index (χ4n) is 1.93. The van der Waals surface area contributed by atoms with Crippen molar-refractivity contribution in [2.45, 2.75) is 16.5 Å². The van der Waals surface area contributed by atoms with Crippen molar-refractivity contribution < 1.29 is 5.11 Å². The van der Waals surface area contributed by atoms with Gasteiger partial charge in [-0.15, -0.1) is 10.2 Å². The van der Waals surface area contributed by atoms with Gasteiger partial charge in [-0.1, -0.05) is 35.2 Å². The van der Waals surface area contributed by atoms with E-state index in [1.807, 2.05) is 30.3 Å². The van der Waals surface area contributed by atoms with Crippen molar-refractivity contribution in [2.75, 3.05) is 0 Å². The summed E-state index contributed by atoms with van der Waals surface area (Å²) in [5.41, 5.74) is 3.34. The number of aliphatic hydroxyl groups is 1. The molecule has 0 saturated heterocycles.